The molecule has 9 aromatic rings. The molecule has 0 spiro atoms. The zero-order chi connectivity index (χ0) is 30.6. The summed E-state index contributed by atoms with van der Waals surface area (Å²) in [6.07, 6.45) is 0. The van der Waals surface area contributed by atoms with Gasteiger partial charge >= 0.3 is 0 Å². The molecule has 0 bridgehead atoms. The quantitative estimate of drug-likeness (QED) is 0.178. The molecule has 0 radical (unpaired) electrons. The Hall–Kier alpha value is -5.66. The van der Waals surface area contributed by atoms with Crippen LogP contribution < -0.4 is 0 Å². The van der Waals surface area contributed by atoms with Gasteiger partial charge in [0.05, 0.1) is 11.0 Å². The van der Waals surface area contributed by atoms with E-state index in [4.69, 9.17) is 0 Å². The molecule has 1 aliphatic rings. The van der Waals surface area contributed by atoms with Crippen LogP contribution in [0.4, 0.5) is 0 Å². The molecule has 1 aliphatic carbocycles. The molecule has 0 atom stereocenters. The van der Waals surface area contributed by atoms with Gasteiger partial charge in [0.2, 0.25) is 0 Å². The van der Waals surface area contributed by atoms with Crippen molar-refractivity contribution in [3.8, 4) is 27.9 Å². The first-order chi connectivity index (χ1) is 22.6. The molecule has 0 amide bonds. The van der Waals surface area contributed by atoms with Gasteiger partial charge in [-0.2, -0.15) is 0 Å². The van der Waals surface area contributed by atoms with Crippen molar-refractivity contribution in [3.05, 3.63) is 163 Å². The highest BCUT2D eigenvalue weighted by atomic mass is 15.0. The van der Waals surface area contributed by atoms with E-state index in [9.17, 15) is 0 Å². The highest BCUT2D eigenvalue weighted by molar-refractivity contribution is 6.29. The number of fused-ring (bicyclic) bond motifs is 12. The van der Waals surface area contributed by atoms with Crippen LogP contribution >= 0.6 is 0 Å². The van der Waals surface area contributed by atoms with E-state index in [0.29, 0.717) is 0 Å². The maximum absolute atomic E-state index is 2.50. The third-order valence-electron chi connectivity index (χ3n) is 10.6. The van der Waals surface area contributed by atoms with Crippen LogP contribution in [0.25, 0.3) is 82.1 Å². The van der Waals surface area contributed by atoms with E-state index in [1.54, 1.807) is 0 Å². The SMILES string of the molecule is CC1(C)c2ccccc2-c2cc3c4cc5c6ccccc6c6ccccc6c5cc4n(-c4ccc(-c5ccccc5)cc4)c3cc21. The molecular formula is C45H31N. The normalized spacial score (nSPS) is 13.6. The van der Waals surface area contributed by atoms with Crippen LogP contribution in [0.5, 0.6) is 0 Å². The van der Waals surface area contributed by atoms with Crippen molar-refractivity contribution in [2.24, 2.45) is 0 Å². The van der Waals surface area contributed by atoms with E-state index in [-0.39, 0.29) is 5.41 Å². The Morgan fingerprint density at radius 1 is 0.370 bits per heavy atom. The minimum absolute atomic E-state index is 0.0737. The van der Waals surface area contributed by atoms with Crippen molar-refractivity contribution in [1.82, 2.24) is 4.57 Å². The molecule has 0 N–H and O–H groups in total. The van der Waals surface area contributed by atoms with Crippen molar-refractivity contribution in [2.75, 3.05) is 0 Å². The monoisotopic (exact) mass is 585 g/mol. The van der Waals surface area contributed by atoms with E-state index in [1.807, 2.05) is 0 Å². The maximum Gasteiger partial charge on any atom is 0.0547 e. The molecule has 216 valence electrons. The van der Waals surface area contributed by atoms with E-state index in [1.165, 1.54) is 93.2 Å². The summed E-state index contributed by atoms with van der Waals surface area (Å²) in [5, 5.41) is 10.4. The first-order valence-corrected chi connectivity index (χ1v) is 16.2. The standard InChI is InChI=1S/C45H31N/c1-45(2)41-19-11-10-18-35(41)38-25-40-39-24-36-33-16-8-6-14-31(33)32-15-7-9-17-34(32)37(36)26-43(39)46(44(40)27-42(38)45)30-22-20-29(21-23-30)28-12-4-3-5-13-28/h3-27H,1-2H3. The molecule has 1 heteroatoms. The van der Waals surface area contributed by atoms with E-state index in [0.717, 1.165) is 0 Å². The minimum Gasteiger partial charge on any atom is -0.309 e. The molecule has 46 heavy (non-hydrogen) atoms. The predicted molar refractivity (Wildman–Crippen MR) is 196 cm³/mol. The highest BCUT2D eigenvalue weighted by Crippen LogP contribution is 2.51. The lowest BCUT2D eigenvalue weighted by Crippen LogP contribution is -2.14. The highest BCUT2D eigenvalue weighted by Gasteiger charge is 2.36. The van der Waals surface area contributed by atoms with E-state index < -0.39 is 0 Å². The molecule has 0 saturated heterocycles. The van der Waals surface area contributed by atoms with Crippen LogP contribution in [0.1, 0.15) is 25.0 Å². The van der Waals surface area contributed by atoms with Gasteiger partial charge < -0.3 is 4.57 Å². The lowest BCUT2D eigenvalue weighted by molar-refractivity contribution is 0.661. The van der Waals surface area contributed by atoms with Gasteiger partial charge in [0.25, 0.3) is 0 Å². The molecule has 0 aliphatic heterocycles. The number of hydrogen-bond donors (Lipinski definition) is 0. The molecule has 0 fully saturated rings. The van der Waals surface area contributed by atoms with Gasteiger partial charge in [-0.1, -0.05) is 129 Å². The molecule has 1 heterocycles. The van der Waals surface area contributed by atoms with Crippen LogP contribution in [0.2, 0.25) is 0 Å². The molecule has 8 aromatic carbocycles. The smallest absolute Gasteiger partial charge is 0.0547 e. The van der Waals surface area contributed by atoms with Crippen molar-refractivity contribution in [1.29, 1.82) is 0 Å². The maximum atomic E-state index is 2.50. The predicted octanol–water partition coefficient (Wildman–Crippen LogP) is 12.2. The Bertz CT molecular complexity index is 2690. The van der Waals surface area contributed by atoms with Crippen molar-refractivity contribution in [2.45, 2.75) is 19.3 Å². The van der Waals surface area contributed by atoms with Crippen LogP contribution in [0.3, 0.4) is 0 Å². The second kappa shape index (κ2) is 9.19. The average molecular weight is 586 g/mol. The Balaban J connectivity index is 1.35. The van der Waals surface area contributed by atoms with Crippen LogP contribution in [0, 0.1) is 0 Å². The Morgan fingerprint density at radius 3 is 1.59 bits per heavy atom. The third kappa shape index (κ3) is 3.40. The Morgan fingerprint density at radius 2 is 0.891 bits per heavy atom. The van der Waals surface area contributed by atoms with Crippen LogP contribution in [-0.4, -0.2) is 4.57 Å². The molecule has 0 saturated carbocycles. The fourth-order valence-electron chi connectivity index (χ4n) is 8.32. The van der Waals surface area contributed by atoms with Gasteiger partial charge in [0, 0.05) is 21.9 Å². The van der Waals surface area contributed by atoms with Crippen LogP contribution in [0.15, 0.2) is 152 Å². The summed E-state index contributed by atoms with van der Waals surface area (Å²) in [5.74, 6) is 0. The zero-order valence-electron chi connectivity index (χ0n) is 25.9. The van der Waals surface area contributed by atoms with Crippen molar-refractivity contribution in [3.63, 3.8) is 0 Å². The van der Waals surface area contributed by atoms with Gasteiger partial charge in [0.15, 0.2) is 0 Å². The summed E-state index contributed by atoms with van der Waals surface area (Å²) in [6.45, 7) is 4.75. The first-order valence-electron chi connectivity index (χ1n) is 16.2. The van der Waals surface area contributed by atoms with Gasteiger partial charge in [-0.25, -0.2) is 0 Å². The van der Waals surface area contributed by atoms with Gasteiger partial charge in [-0.3, -0.25) is 0 Å². The molecule has 10 rings (SSSR count). The van der Waals surface area contributed by atoms with Crippen molar-refractivity contribution < 1.29 is 0 Å². The van der Waals surface area contributed by atoms with Gasteiger partial charge in [-0.05, 0) is 102 Å². The first kappa shape index (κ1) is 25.6. The van der Waals surface area contributed by atoms with Crippen molar-refractivity contribution >= 4 is 54.1 Å². The number of rotatable bonds is 2. The Kier molecular flexibility index (Phi) is 5.12. The van der Waals surface area contributed by atoms with Crippen LogP contribution in [-0.2, 0) is 5.41 Å². The van der Waals surface area contributed by atoms with E-state index in [2.05, 4.69) is 170 Å². The second-order valence-electron chi connectivity index (χ2n) is 13.3. The summed E-state index contributed by atoms with van der Waals surface area (Å²) in [4.78, 5) is 0. The summed E-state index contributed by atoms with van der Waals surface area (Å²) in [5.41, 5.74) is 11.6. The fourth-order valence-corrected chi connectivity index (χ4v) is 8.32. The summed E-state index contributed by atoms with van der Waals surface area (Å²) in [6, 6.07) is 56.4. The third-order valence-corrected chi connectivity index (χ3v) is 10.6. The van der Waals surface area contributed by atoms with E-state index >= 15 is 0 Å². The number of benzene rings is 8. The lowest BCUT2D eigenvalue weighted by atomic mass is 9.82. The molecular weight excluding hydrogens is 555 g/mol. The molecule has 0 unspecified atom stereocenters. The largest absolute Gasteiger partial charge is 0.309 e. The van der Waals surface area contributed by atoms with Gasteiger partial charge in [-0.15, -0.1) is 0 Å². The number of nitrogens with zero attached hydrogens (tertiary/aromatic N) is 1. The second-order valence-corrected chi connectivity index (χ2v) is 13.3. The average Bonchev–Trinajstić information content (AvgIpc) is 3.54. The molecule has 1 aromatic heterocycles. The summed E-state index contributed by atoms with van der Waals surface area (Å²) < 4.78 is 2.50. The molecule has 1 nitrogen and oxygen atoms in total. The summed E-state index contributed by atoms with van der Waals surface area (Å²) in [7, 11) is 0. The lowest BCUT2D eigenvalue weighted by Gasteiger charge is -2.21. The number of aromatic nitrogens is 1. The Labute approximate surface area is 268 Å². The zero-order valence-corrected chi connectivity index (χ0v) is 25.9. The number of hydrogen-bond acceptors (Lipinski definition) is 0. The van der Waals surface area contributed by atoms with Gasteiger partial charge in [0.1, 0.15) is 0 Å². The topological polar surface area (TPSA) is 4.93 Å². The minimum atomic E-state index is -0.0737. The summed E-state index contributed by atoms with van der Waals surface area (Å²) >= 11 is 0. The fraction of sp³-hybridized carbons (Fsp3) is 0.0667.